The molecule has 1 aromatic carbocycles. The van der Waals surface area contributed by atoms with Crippen molar-refractivity contribution in [3.8, 4) is 0 Å². The summed E-state index contributed by atoms with van der Waals surface area (Å²) in [6.45, 7) is 11.0. The quantitative estimate of drug-likeness (QED) is 0.717. The van der Waals surface area contributed by atoms with E-state index >= 15 is 0 Å². The second kappa shape index (κ2) is 7.10. The average Bonchev–Trinajstić information content (AvgIpc) is 2.29. The van der Waals surface area contributed by atoms with E-state index in [1.165, 1.54) is 30.9 Å². The molecule has 0 heterocycles. The maximum absolute atomic E-state index is 6.07. The first-order chi connectivity index (χ1) is 8.48. The summed E-state index contributed by atoms with van der Waals surface area (Å²) in [5.41, 5.74) is 3.12. The molecule has 0 saturated heterocycles. The van der Waals surface area contributed by atoms with Gasteiger partial charge in [-0.15, -0.1) is 0 Å². The summed E-state index contributed by atoms with van der Waals surface area (Å²) in [5.74, 6) is 0. The predicted molar refractivity (Wildman–Crippen MR) is 83.4 cm³/mol. The van der Waals surface area contributed by atoms with E-state index in [0.717, 1.165) is 0 Å². The lowest BCUT2D eigenvalue weighted by molar-refractivity contribution is 0.141. The van der Waals surface area contributed by atoms with Gasteiger partial charge in [-0.3, -0.25) is 0 Å². The molecule has 18 heavy (non-hydrogen) atoms. The molecule has 0 N–H and O–H groups in total. The van der Waals surface area contributed by atoms with Gasteiger partial charge in [0.05, 0.1) is 0 Å². The van der Waals surface area contributed by atoms with Crippen LogP contribution in [-0.4, -0.2) is 15.4 Å². The minimum absolute atomic E-state index is 0.00350. The molecule has 1 nitrogen and oxygen atoms in total. The van der Waals surface area contributed by atoms with E-state index in [0.29, 0.717) is 0 Å². The molecule has 0 spiro atoms. The van der Waals surface area contributed by atoms with Crippen LogP contribution in [0.15, 0.2) is 18.2 Å². The summed E-state index contributed by atoms with van der Waals surface area (Å²) in [6, 6.07) is 6.78. The SMILES string of the molecule is CCCc1cccc([SiH2]OC(C)(C)C)c1CCC. The largest absolute Gasteiger partial charge is 0.414 e. The van der Waals surface area contributed by atoms with Gasteiger partial charge in [0.25, 0.3) is 0 Å². The molecule has 0 aliphatic rings. The van der Waals surface area contributed by atoms with E-state index < -0.39 is 9.76 Å². The van der Waals surface area contributed by atoms with Crippen molar-refractivity contribution in [3.63, 3.8) is 0 Å². The first kappa shape index (κ1) is 15.5. The second-order valence-corrected chi connectivity index (χ2v) is 7.30. The molecular weight excluding hydrogens is 236 g/mol. The highest BCUT2D eigenvalue weighted by Crippen LogP contribution is 2.13. The molecule has 0 aromatic heterocycles. The van der Waals surface area contributed by atoms with Crippen molar-refractivity contribution >= 4 is 14.9 Å². The highest BCUT2D eigenvalue weighted by molar-refractivity contribution is 6.47. The third kappa shape index (κ3) is 4.95. The lowest BCUT2D eigenvalue weighted by Gasteiger charge is -2.22. The van der Waals surface area contributed by atoms with Crippen LogP contribution in [0.5, 0.6) is 0 Å². The zero-order valence-corrected chi connectivity index (χ0v) is 14.1. The molecule has 0 atom stereocenters. The minimum atomic E-state index is -0.603. The molecular formula is C16H28OSi. The van der Waals surface area contributed by atoms with E-state index in [2.05, 4.69) is 52.8 Å². The maximum Gasteiger partial charge on any atom is 0.193 e. The van der Waals surface area contributed by atoms with Crippen LogP contribution in [-0.2, 0) is 17.3 Å². The molecule has 1 aromatic rings. The number of rotatable bonds is 6. The van der Waals surface area contributed by atoms with Crippen LogP contribution in [0.25, 0.3) is 0 Å². The van der Waals surface area contributed by atoms with E-state index in [1.807, 2.05) is 0 Å². The van der Waals surface area contributed by atoms with Crippen molar-refractivity contribution in [1.29, 1.82) is 0 Å². The van der Waals surface area contributed by atoms with Gasteiger partial charge in [-0.1, -0.05) is 44.9 Å². The first-order valence-corrected chi connectivity index (χ1v) is 8.50. The van der Waals surface area contributed by atoms with E-state index in [1.54, 1.807) is 11.1 Å². The second-order valence-electron chi connectivity index (χ2n) is 5.96. The van der Waals surface area contributed by atoms with Crippen LogP contribution in [0.4, 0.5) is 0 Å². The molecule has 0 aliphatic carbocycles. The topological polar surface area (TPSA) is 9.23 Å². The highest BCUT2D eigenvalue weighted by atomic mass is 28.2. The number of hydrogen-bond donors (Lipinski definition) is 0. The van der Waals surface area contributed by atoms with Crippen molar-refractivity contribution in [2.45, 2.75) is 65.9 Å². The van der Waals surface area contributed by atoms with Crippen LogP contribution in [0.2, 0.25) is 0 Å². The van der Waals surface area contributed by atoms with Gasteiger partial charge in [0, 0.05) is 5.60 Å². The zero-order chi connectivity index (χ0) is 13.6. The summed E-state index contributed by atoms with van der Waals surface area (Å²) in [7, 11) is -0.603. The Balaban J connectivity index is 2.91. The fraction of sp³-hybridized carbons (Fsp3) is 0.625. The van der Waals surface area contributed by atoms with E-state index in [4.69, 9.17) is 4.43 Å². The van der Waals surface area contributed by atoms with Crippen LogP contribution in [0, 0.1) is 0 Å². The van der Waals surface area contributed by atoms with Gasteiger partial charge in [0.2, 0.25) is 0 Å². The molecule has 0 amide bonds. The molecule has 0 bridgehead atoms. The Morgan fingerprint density at radius 1 is 1.06 bits per heavy atom. The highest BCUT2D eigenvalue weighted by Gasteiger charge is 2.13. The van der Waals surface area contributed by atoms with E-state index in [9.17, 15) is 0 Å². The molecule has 102 valence electrons. The van der Waals surface area contributed by atoms with Gasteiger partial charge >= 0.3 is 0 Å². The minimum Gasteiger partial charge on any atom is -0.414 e. The summed E-state index contributed by atoms with van der Waals surface area (Å²) in [5, 5.41) is 1.51. The van der Waals surface area contributed by atoms with Gasteiger partial charge in [-0.25, -0.2) is 0 Å². The van der Waals surface area contributed by atoms with Crippen molar-refractivity contribution in [2.75, 3.05) is 0 Å². The Hall–Kier alpha value is -0.603. The predicted octanol–water partition coefficient (Wildman–Crippen LogP) is 3.12. The van der Waals surface area contributed by atoms with Crippen molar-refractivity contribution in [1.82, 2.24) is 0 Å². The van der Waals surface area contributed by atoms with Crippen molar-refractivity contribution in [2.24, 2.45) is 0 Å². The Labute approximate surface area is 115 Å². The molecule has 0 fully saturated rings. The number of aryl methyl sites for hydroxylation is 1. The van der Waals surface area contributed by atoms with Crippen molar-refractivity contribution in [3.05, 3.63) is 29.3 Å². The van der Waals surface area contributed by atoms with Crippen LogP contribution < -0.4 is 5.19 Å². The maximum atomic E-state index is 6.07. The first-order valence-electron chi connectivity index (χ1n) is 7.21. The third-order valence-electron chi connectivity index (χ3n) is 3.05. The molecule has 0 aliphatic heterocycles. The normalized spacial score (nSPS) is 12.5. The fourth-order valence-corrected chi connectivity index (χ4v) is 3.59. The van der Waals surface area contributed by atoms with Crippen LogP contribution in [0.1, 0.15) is 58.6 Å². The van der Waals surface area contributed by atoms with E-state index in [-0.39, 0.29) is 5.60 Å². The lowest BCUT2D eigenvalue weighted by Crippen LogP contribution is -2.31. The molecule has 2 heteroatoms. The molecule has 0 saturated carbocycles. The molecule has 1 rings (SSSR count). The van der Waals surface area contributed by atoms with Gasteiger partial charge < -0.3 is 4.43 Å². The summed E-state index contributed by atoms with van der Waals surface area (Å²) < 4.78 is 6.07. The smallest absolute Gasteiger partial charge is 0.193 e. The van der Waals surface area contributed by atoms with Gasteiger partial charge in [0.15, 0.2) is 9.76 Å². The molecule has 0 unspecified atom stereocenters. The van der Waals surface area contributed by atoms with Crippen LogP contribution in [0.3, 0.4) is 0 Å². The van der Waals surface area contributed by atoms with Gasteiger partial charge in [0.1, 0.15) is 0 Å². The number of hydrogen-bond acceptors (Lipinski definition) is 1. The Morgan fingerprint density at radius 2 is 1.72 bits per heavy atom. The standard InChI is InChI=1S/C16H28OSi/c1-6-9-13-11-8-12-15(14(13)10-7-2)18-17-16(3,4)5/h8,11-12H,6-7,9-10,18H2,1-5H3. The fourth-order valence-electron chi connectivity index (χ4n) is 2.19. The van der Waals surface area contributed by atoms with Gasteiger partial charge in [-0.05, 0) is 49.9 Å². The Morgan fingerprint density at radius 3 is 2.28 bits per heavy atom. The monoisotopic (exact) mass is 264 g/mol. The average molecular weight is 264 g/mol. The van der Waals surface area contributed by atoms with Gasteiger partial charge in [-0.2, -0.15) is 0 Å². The third-order valence-corrected chi connectivity index (χ3v) is 5.03. The number of benzene rings is 1. The summed E-state index contributed by atoms with van der Waals surface area (Å²) in [6.07, 6.45) is 4.85. The van der Waals surface area contributed by atoms with Crippen molar-refractivity contribution < 1.29 is 4.43 Å². The zero-order valence-electron chi connectivity index (χ0n) is 12.7. The Kier molecular flexibility index (Phi) is 6.10. The summed E-state index contributed by atoms with van der Waals surface area (Å²) in [4.78, 5) is 0. The summed E-state index contributed by atoms with van der Waals surface area (Å²) >= 11 is 0. The van der Waals surface area contributed by atoms with Crippen LogP contribution >= 0.6 is 0 Å². The Bertz CT molecular complexity index is 366. The lowest BCUT2D eigenvalue weighted by atomic mass is 10.00. The molecule has 0 radical (unpaired) electrons.